The largest absolute Gasteiger partial charge is 0.385 e. The summed E-state index contributed by atoms with van der Waals surface area (Å²) >= 11 is 0. The van der Waals surface area contributed by atoms with Crippen LogP contribution in [0, 0.1) is 5.41 Å². The van der Waals surface area contributed by atoms with Crippen molar-refractivity contribution in [3.63, 3.8) is 0 Å². The average Bonchev–Trinajstić information content (AvgIpc) is 3.53. The third-order valence-corrected chi connectivity index (χ3v) is 5.76. The highest BCUT2D eigenvalue weighted by atomic mass is 16.5. The standard InChI is InChI=1S/C24H33N3O/c1-25-23(27-19-24(13-14-24)15-16-28-2)26-18-22(21-11-7-4-8-12-21)17-20-9-5-3-6-10-20/h3-12,22H,13-19H2,1-2H3,(H2,25,26,27). The van der Waals surface area contributed by atoms with Gasteiger partial charge in [0.25, 0.3) is 0 Å². The fraction of sp³-hybridized carbons (Fsp3) is 0.458. The molecule has 0 saturated heterocycles. The van der Waals surface area contributed by atoms with Crippen LogP contribution in [-0.4, -0.2) is 39.8 Å². The maximum atomic E-state index is 5.26. The van der Waals surface area contributed by atoms with Crippen molar-refractivity contribution in [3.05, 3.63) is 71.8 Å². The second-order valence-corrected chi connectivity index (χ2v) is 7.85. The van der Waals surface area contributed by atoms with Gasteiger partial charge in [-0.15, -0.1) is 0 Å². The maximum absolute atomic E-state index is 5.26. The van der Waals surface area contributed by atoms with Gasteiger partial charge in [0.05, 0.1) is 0 Å². The lowest BCUT2D eigenvalue weighted by Crippen LogP contribution is -2.42. The number of methoxy groups -OCH3 is 1. The normalized spacial score (nSPS) is 16.4. The van der Waals surface area contributed by atoms with Crippen LogP contribution in [0.1, 0.15) is 36.3 Å². The Labute approximate surface area is 169 Å². The van der Waals surface area contributed by atoms with E-state index in [1.54, 1.807) is 7.11 Å². The minimum atomic E-state index is 0.394. The van der Waals surface area contributed by atoms with Gasteiger partial charge in [0, 0.05) is 39.8 Å². The molecule has 1 aliphatic carbocycles. The van der Waals surface area contributed by atoms with E-state index in [0.717, 1.165) is 38.5 Å². The van der Waals surface area contributed by atoms with Gasteiger partial charge in [-0.1, -0.05) is 60.7 Å². The number of hydrogen-bond donors (Lipinski definition) is 2. The molecule has 150 valence electrons. The third kappa shape index (κ3) is 6.10. The Morgan fingerprint density at radius 1 is 1.04 bits per heavy atom. The third-order valence-electron chi connectivity index (χ3n) is 5.76. The first-order chi connectivity index (χ1) is 13.7. The molecule has 0 amide bonds. The quantitative estimate of drug-likeness (QED) is 0.485. The Bertz CT molecular complexity index is 726. The first-order valence-electron chi connectivity index (χ1n) is 10.3. The van der Waals surface area contributed by atoms with Crippen molar-refractivity contribution in [1.82, 2.24) is 10.6 Å². The number of benzene rings is 2. The summed E-state index contributed by atoms with van der Waals surface area (Å²) in [4.78, 5) is 4.44. The van der Waals surface area contributed by atoms with Crippen molar-refractivity contribution in [3.8, 4) is 0 Å². The lowest BCUT2D eigenvalue weighted by molar-refractivity contribution is 0.172. The van der Waals surface area contributed by atoms with E-state index in [4.69, 9.17) is 4.74 Å². The van der Waals surface area contributed by atoms with Gasteiger partial charge in [0.1, 0.15) is 0 Å². The molecular formula is C24H33N3O. The summed E-state index contributed by atoms with van der Waals surface area (Å²) in [6, 6.07) is 21.4. The van der Waals surface area contributed by atoms with Gasteiger partial charge < -0.3 is 15.4 Å². The molecular weight excluding hydrogens is 346 g/mol. The van der Waals surface area contributed by atoms with E-state index in [-0.39, 0.29) is 0 Å². The molecule has 0 aliphatic heterocycles. The van der Waals surface area contributed by atoms with Crippen molar-refractivity contribution in [2.75, 3.05) is 33.9 Å². The zero-order chi connectivity index (χ0) is 19.7. The Kier molecular flexibility index (Phi) is 7.49. The molecule has 3 rings (SSSR count). The van der Waals surface area contributed by atoms with Crippen LogP contribution in [0.3, 0.4) is 0 Å². The van der Waals surface area contributed by atoms with Crippen molar-refractivity contribution in [1.29, 1.82) is 0 Å². The monoisotopic (exact) mass is 379 g/mol. The number of nitrogens with zero attached hydrogens (tertiary/aromatic N) is 1. The van der Waals surface area contributed by atoms with E-state index in [0.29, 0.717) is 11.3 Å². The highest BCUT2D eigenvalue weighted by Crippen LogP contribution is 2.48. The number of aliphatic imine (C=N–C) groups is 1. The predicted octanol–water partition coefficient (Wildman–Crippen LogP) is 3.99. The molecule has 1 saturated carbocycles. The first kappa shape index (κ1) is 20.4. The summed E-state index contributed by atoms with van der Waals surface area (Å²) < 4.78 is 5.26. The highest BCUT2D eigenvalue weighted by Gasteiger charge is 2.41. The van der Waals surface area contributed by atoms with E-state index in [2.05, 4.69) is 76.3 Å². The zero-order valence-electron chi connectivity index (χ0n) is 17.2. The van der Waals surface area contributed by atoms with Crippen molar-refractivity contribution >= 4 is 5.96 Å². The summed E-state index contributed by atoms with van der Waals surface area (Å²) in [7, 11) is 3.62. The van der Waals surface area contributed by atoms with Gasteiger partial charge in [-0.25, -0.2) is 0 Å². The molecule has 1 atom stereocenters. The van der Waals surface area contributed by atoms with E-state index in [1.807, 2.05) is 7.05 Å². The van der Waals surface area contributed by atoms with Gasteiger partial charge in [-0.2, -0.15) is 0 Å². The lowest BCUT2D eigenvalue weighted by Gasteiger charge is -2.22. The molecule has 0 bridgehead atoms. The molecule has 0 radical (unpaired) electrons. The molecule has 4 heteroatoms. The smallest absolute Gasteiger partial charge is 0.191 e. The summed E-state index contributed by atoms with van der Waals surface area (Å²) in [6.07, 6.45) is 4.68. The van der Waals surface area contributed by atoms with E-state index in [1.165, 1.54) is 24.0 Å². The molecule has 2 N–H and O–H groups in total. The van der Waals surface area contributed by atoms with Gasteiger partial charge in [0.15, 0.2) is 5.96 Å². The molecule has 2 aromatic rings. The van der Waals surface area contributed by atoms with Crippen LogP contribution >= 0.6 is 0 Å². The predicted molar refractivity (Wildman–Crippen MR) is 117 cm³/mol. The van der Waals surface area contributed by atoms with Crippen LogP contribution in [0.4, 0.5) is 0 Å². The average molecular weight is 380 g/mol. The highest BCUT2D eigenvalue weighted by molar-refractivity contribution is 5.79. The van der Waals surface area contributed by atoms with Crippen molar-refractivity contribution in [2.24, 2.45) is 10.4 Å². The molecule has 1 unspecified atom stereocenters. The van der Waals surface area contributed by atoms with E-state index in [9.17, 15) is 0 Å². The van der Waals surface area contributed by atoms with Crippen LogP contribution in [0.5, 0.6) is 0 Å². The molecule has 2 aromatic carbocycles. The maximum Gasteiger partial charge on any atom is 0.191 e. The van der Waals surface area contributed by atoms with Gasteiger partial charge in [-0.3, -0.25) is 4.99 Å². The second-order valence-electron chi connectivity index (χ2n) is 7.85. The van der Waals surface area contributed by atoms with Crippen LogP contribution < -0.4 is 10.6 Å². The number of rotatable bonds is 10. The number of nitrogens with one attached hydrogen (secondary N) is 2. The molecule has 1 fully saturated rings. The van der Waals surface area contributed by atoms with Gasteiger partial charge in [-0.05, 0) is 42.2 Å². The van der Waals surface area contributed by atoms with E-state index >= 15 is 0 Å². The fourth-order valence-electron chi connectivity index (χ4n) is 3.65. The molecule has 0 aromatic heterocycles. The molecule has 0 spiro atoms. The Balaban J connectivity index is 1.57. The minimum Gasteiger partial charge on any atom is -0.385 e. The molecule has 4 nitrogen and oxygen atoms in total. The summed E-state index contributed by atoms with van der Waals surface area (Å²) in [5, 5.41) is 7.09. The van der Waals surface area contributed by atoms with Crippen molar-refractivity contribution < 1.29 is 4.74 Å². The Morgan fingerprint density at radius 2 is 1.71 bits per heavy atom. The van der Waals surface area contributed by atoms with E-state index < -0.39 is 0 Å². The topological polar surface area (TPSA) is 45.7 Å². The van der Waals surface area contributed by atoms with Crippen LogP contribution in [0.25, 0.3) is 0 Å². The van der Waals surface area contributed by atoms with Crippen LogP contribution in [-0.2, 0) is 11.2 Å². The number of ether oxygens (including phenoxy) is 1. The molecule has 28 heavy (non-hydrogen) atoms. The zero-order valence-corrected chi connectivity index (χ0v) is 17.2. The Hall–Kier alpha value is -2.33. The number of hydrogen-bond acceptors (Lipinski definition) is 2. The van der Waals surface area contributed by atoms with Crippen LogP contribution in [0.2, 0.25) is 0 Å². The fourth-order valence-corrected chi connectivity index (χ4v) is 3.65. The molecule has 0 heterocycles. The second kappa shape index (κ2) is 10.3. The lowest BCUT2D eigenvalue weighted by atomic mass is 9.92. The van der Waals surface area contributed by atoms with Crippen LogP contribution in [0.15, 0.2) is 65.7 Å². The van der Waals surface area contributed by atoms with Gasteiger partial charge >= 0.3 is 0 Å². The first-order valence-corrected chi connectivity index (χ1v) is 10.3. The van der Waals surface area contributed by atoms with Crippen molar-refractivity contribution in [2.45, 2.75) is 31.6 Å². The SMILES string of the molecule is CN=C(NCC(Cc1ccccc1)c1ccccc1)NCC1(CCOC)CC1. The van der Waals surface area contributed by atoms with Gasteiger partial charge in [0.2, 0.25) is 0 Å². The Morgan fingerprint density at radius 3 is 2.32 bits per heavy atom. The summed E-state index contributed by atoms with van der Waals surface area (Å²) in [6.45, 7) is 2.65. The molecule has 1 aliphatic rings. The summed E-state index contributed by atoms with van der Waals surface area (Å²) in [5.74, 6) is 1.28. The summed E-state index contributed by atoms with van der Waals surface area (Å²) in [5.41, 5.74) is 3.11. The minimum absolute atomic E-state index is 0.394. The number of guanidine groups is 1.